The fourth-order valence-corrected chi connectivity index (χ4v) is 2.79. The first-order chi connectivity index (χ1) is 11.0. The van der Waals surface area contributed by atoms with Crippen molar-refractivity contribution in [3.63, 3.8) is 0 Å². The lowest BCUT2D eigenvalue weighted by molar-refractivity contribution is 0.0417. The third kappa shape index (κ3) is 5.30. The second-order valence-corrected chi connectivity index (χ2v) is 6.21. The van der Waals surface area contributed by atoms with Gasteiger partial charge < -0.3 is 15.7 Å². The second kappa shape index (κ2) is 9.55. The quantitative estimate of drug-likeness (QED) is 0.351. The van der Waals surface area contributed by atoms with Crippen molar-refractivity contribution in [3.8, 4) is 0 Å². The number of rotatable bonds is 6. The zero-order chi connectivity index (χ0) is 16.9. The van der Waals surface area contributed by atoms with Crippen molar-refractivity contribution in [2.75, 3.05) is 13.1 Å². The van der Waals surface area contributed by atoms with Gasteiger partial charge in [-0.2, -0.15) is 5.10 Å². The summed E-state index contributed by atoms with van der Waals surface area (Å²) in [6, 6.07) is 0.110. The Kier molecular flexibility index (Phi) is 8.41. The van der Waals surface area contributed by atoms with Crippen LogP contribution in [0.15, 0.2) is 4.99 Å². The Labute approximate surface area is 161 Å². The topological polar surface area (TPSA) is 87.4 Å². The van der Waals surface area contributed by atoms with E-state index < -0.39 is 5.60 Å². The molecule has 0 spiro atoms. The molecule has 2 rings (SSSR count). The van der Waals surface area contributed by atoms with E-state index in [1.807, 2.05) is 32.4 Å². The minimum absolute atomic E-state index is 0. The maximum atomic E-state index is 10.4. The van der Waals surface area contributed by atoms with Crippen molar-refractivity contribution < 1.29 is 5.11 Å². The van der Waals surface area contributed by atoms with Crippen molar-refractivity contribution in [3.05, 3.63) is 11.6 Å². The Bertz CT molecular complexity index is 541. The molecule has 2 heterocycles. The van der Waals surface area contributed by atoms with E-state index in [0.29, 0.717) is 19.4 Å². The first kappa shape index (κ1) is 21.1. The Morgan fingerprint density at radius 3 is 2.71 bits per heavy atom. The lowest BCUT2D eigenvalue weighted by Gasteiger charge is -2.27. The van der Waals surface area contributed by atoms with E-state index in [-0.39, 0.29) is 30.0 Å². The molecule has 1 aliphatic heterocycles. The predicted octanol–water partition coefficient (Wildman–Crippen LogP) is 2.15. The molecule has 0 fully saturated rings. The first-order valence-electron chi connectivity index (χ1n) is 8.70. The number of nitrogens with one attached hydrogen (secondary N) is 2. The lowest BCUT2D eigenvalue weighted by atomic mass is 9.98. The molecule has 0 saturated carbocycles. The van der Waals surface area contributed by atoms with E-state index in [4.69, 9.17) is 0 Å². The Balaban J connectivity index is 0.00000288. The van der Waals surface area contributed by atoms with Crippen molar-refractivity contribution >= 4 is 29.9 Å². The standard InChI is InChI=1S/C16H30N6O.HI/c1-5-16(23,6-2)11-18-15(17-7-3)20-13-9-8-10-22-14(13)19-12(4)21-22;/h13,23H,5-11H2,1-4H3,(H2,17,18,20);1H. The summed E-state index contributed by atoms with van der Waals surface area (Å²) in [5, 5.41) is 21.6. The van der Waals surface area contributed by atoms with Crippen LogP contribution in [-0.2, 0) is 6.54 Å². The van der Waals surface area contributed by atoms with E-state index in [2.05, 4.69) is 25.7 Å². The summed E-state index contributed by atoms with van der Waals surface area (Å²) in [6.45, 7) is 10.0. The minimum atomic E-state index is -0.731. The monoisotopic (exact) mass is 450 g/mol. The summed E-state index contributed by atoms with van der Waals surface area (Å²) >= 11 is 0. The summed E-state index contributed by atoms with van der Waals surface area (Å²) in [6.07, 6.45) is 3.47. The van der Waals surface area contributed by atoms with Crippen LogP contribution in [0.2, 0.25) is 0 Å². The minimum Gasteiger partial charge on any atom is -0.388 e. The summed E-state index contributed by atoms with van der Waals surface area (Å²) < 4.78 is 1.98. The molecule has 0 radical (unpaired) electrons. The number of guanidine groups is 1. The average Bonchev–Trinajstić information content (AvgIpc) is 2.94. The van der Waals surface area contributed by atoms with Crippen LogP contribution in [-0.4, -0.2) is 44.5 Å². The molecule has 0 aromatic carbocycles. The number of aliphatic imine (C=N–C) groups is 1. The molecule has 1 aliphatic rings. The number of halogens is 1. The molecule has 7 nitrogen and oxygen atoms in total. The molecule has 0 bridgehead atoms. The maximum Gasteiger partial charge on any atom is 0.191 e. The van der Waals surface area contributed by atoms with E-state index in [1.54, 1.807) is 0 Å². The molecule has 1 aromatic rings. The highest BCUT2D eigenvalue weighted by Gasteiger charge is 2.25. The normalized spacial score (nSPS) is 17.9. The average molecular weight is 450 g/mol. The van der Waals surface area contributed by atoms with Crippen molar-refractivity contribution in [2.45, 2.75) is 71.6 Å². The van der Waals surface area contributed by atoms with E-state index in [9.17, 15) is 5.11 Å². The zero-order valence-electron chi connectivity index (χ0n) is 15.2. The highest BCUT2D eigenvalue weighted by molar-refractivity contribution is 14.0. The molecule has 138 valence electrons. The van der Waals surface area contributed by atoms with Crippen molar-refractivity contribution in [1.82, 2.24) is 25.4 Å². The molecule has 3 N–H and O–H groups in total. The summed E-state index contributed by atoms with van der Waals surface area (Å²) in [7, 11) is 0. The number of aliphatic hydroxyl groups is 1. The van der Waals surface area contributed by atoms with Gasteiger partial charge in [-0.3, -0.25) is 4.99 Å². The summed E-state index contributed by atoms with van der Waals surface area (Å²) in [5.74, 6) is 2.51. The number of aromatic nitrogens is 3. The zero-order valence-corrected chi connectivity index (χ0v) is 17.5. The van der Waals surface area contributed by atoms with Crippen LogP contribution in [0.5, 0.6) is 0 Å². The van der Waals surface area contributed by atoms with Gasteiger partial charge in [0.15, 0.2) is 5.96 Å². The highest BCUT2D eigenvalue weighted by atomic mass is 127. The van der Waals surface area contributed by atoms with Gasteiger partial charge in [0.05, 0.1) is 18.2 Å². The molecule has 1 aromatic heterocycles. The number of hydrogen-bond acceptors (Lipinski definition) is 4. The van der Waals surface area contributed by atoms with Crippen LogP contribution in [0, 0.1) is 6.92 Å². The summed E-state index contributed by atoms with van der Waals surface area (Å²) in [5.41, 5.74) is -0.731. The second-order valence-electron chi connectivity index (χ2n) is 6.21. The smallest absolute Gasteiger partial charge is 0.191 e. The first-order valence-corrected chi connectivity index (χ1v) is 8.70. The van der Waals surface area contributed by atoms with Crippen LogP contribution < -0.4 is 10.6 Å². The largest absolute Gasteiger partial charge is 0.388 e. The molecular weight excluding hydrogens is 419 g/mol. The molecule has 8 heteroatoms. The fraction of sp³-hybridized carbons (Fsp3) is 0.812. The van der Waals surface area contributed by atoms with Crippen molar-refractivity contribution in [1.29, 1.82) is 0 Å². The van der Waals surface area contributed by atoms with Crippen LogP contribution in [0.1, 0.15) is 64.1 Å². The third-order valence-electron chi connectivity index (χ3n) is 4.48. The van der Waals surface area contributed by atoms with Gasteiger partial charge in [-0.25, -0.2) is 9.67 Å². The van der Waals surface area contributed by atoms with Crippen LogP contribution >= 0.6 is 24.0 Å². The highest BCUT2D eigenvalue weighted by Crippen LogP contribution is 2.23. The van der Waals surface area contributed by atoms with E-state index >= 15 is 0 Å². The van der Waals surface area contributed by atoms with Gasteiger partial charge in [-0.1, -0.05) is 13.8 Å². The van der Waals surface area contributed by atoms with Gasteiger partial charge in [-0.15, -0.1) is 24.0 Å². The van der Waals surface area contributed by atoms with E-state index in [1.165, 1.54) is 0 Å². The predicted molar refractivity (Wildman–Crippen MR) is 107 cm³/mol. The molecule has 0 aliphatic carbocycles. The molecule has 24 heavy (non-hydrogen) atoms. The fourth-order valence-electron chi connectivity index (χ4n) is 2.79. The Hall–Kier alpha value is -0.900. The van der Waals surface area contributed by atoms with Gasteiger partial charge >= 0.3 is 0 Å². The molecule has 0 amide bonds. The van der Waals surface area contributed by atoms with Gasteiger partial charge in [0.2, 0.25) is 0 Å². The van der Waals surface area contributed by atoms with Gasteiger partial charge in [0.25, 0.3) is 0 Å². The Morgan fingerprint density at radius 2 is 2.08 bits per heavy atom. The molecular formula is C16H31IN6O. The van der Waals surface area contributed by atoms with Crippen LogP contribution in [0.3, 0.4) is 0 Å². The molecule has 0 saturated heterocycles. The number of aryl methyl sites for hydroxylation is 2. The van der Waals surface area contributed by atoms with Crippen LogP contribution in [0.25, 0.3) is 0 Å². The number of fused-ring (bicyclic) bond motifs is 1. The molecule has 1 atom stereocenters. The van der Waals surface area contributed by atoms with Crippen LogP contribution in [0.4, 0.5) is 0 Å². The SMILES string of the molecule is CCNC(=NCC(O)(CC)CC)NC1CCCn2nc(C)nc21.I. The lowest BCUT2D eigenvalue weighted by Crippen LogP contribution is -2.43. The molecule has 1 unspecified atom stereocenters. The van der Waals surface area contributed by atoms with Gasteiger partial charge in [0.1, 0.15) is 11.6 Å². The number of hydrogen-bond donors (Lipinski definition) is 3. The maximum absolute atomic E-state index is 10.4. The van der Waals surface area contributed by atoms with E-state index in [0.717, 1.165) is 43.5 Å². The number of nitrogens with zero attached hydrogens (tertiary/aromatic N) is 4. The van der Waals surface area contributed by atoms with Gasteiger partial charge in [0, 0.05) is 13.1 Å². The Morgan fingerprint density at radius 1 is 1.38 bits per heavy atom. The third-order valence-corrected chi connectivity index (χ3v) is 4.48. The van der Waals surface area contributed by atoms with Gasteiger partial charge in [-0.05, 0) is 39.5 Å². The van der Waals surface area contributed by atoms with Crippen molar-refractivity contribution in [2.24, 2.45) is 4.99 Å². The summed E-state index contributed by atoms with van der Waals surface area (Å²) in [4.78, 5) is 9.13.